The normalized spacial score (nSPS) is 15.7. The van der Waals surface area contributed by atoms with Crippen molar-refractivity contribution in [3.8, 4) is 45.5 Å². The van der Waals surface area contributed by atoms with E-state index in [9.17, 15) is 0 Å². The lowest BCUT2D eigenvalue weighted by Crippen LogP contribution is -2.13. The maximum atomic E-state index is 5.19. The molecule has 5 heteroatoms. The van der Waals surface area contributed by atoms with Gasteiger partial charge in [0, 0.05) is 44.8 Å². The summed E-state index contributed by atoms with van der Waals surface area (Å²) >= 11 is 0. The second-order valence-electron chi connectivity index (χ2n) is 15.2. The first-order valence-electron chi connectivity index (χ1n) is 19.9. The largest absolute Gasteiger partial charge is 0.310 e. The Hall–Kier alpha value is -7.63. The summed E-state index contributed by atoms with van der Waals surface area (Å²) in [6, 6.07) is 58.0. The summed E-state index contributed by atoms with van der Waals surface area (Å²) in [5.74, 6) is 2.48. The fraction of sp³-hybridized carbons (Fsp3) is 0.0377. The topological polar surface area (TPSA) is 48.5 Å². The van der Waals surface area contributed by atoms with Gasteiger partial charge >= 0.3 is 0 Å². The minimum atomic E-state index is 0.279. The quantitative estimate of drug-likeness (QED) is 0.176. The third-order valence-electron chi connectivity index (χ3n) is 11.9. The maximum absolute atomic E-state index is 5.19. The number of allylic oxidation sites excluding steroid dienone is 5. The summed E-state index contributed by atoms with van der Waals surface area (Å²) in [5.41, 5.74) is 11.4. The fourth-order valence-electron chi connectivity index (χ4n) is 9.27. The molecule has 2 unspecified atom stereocenters. The lowest BCUT2D eigenvalue weighted by molar-refractivity contribution is 0.693. The molecule has 58 heavy (non-hydrogen) atoms. The number of hydrogen-bond donors (Lipinski definition) is 0. The van der Waals surface area contributed by atoms with Crippen molar-refractivity contribution >= 4 is 49.6 Å². The maximum Gasteiger partial charge on any atom is 0.238 e. The van der Waals surface area contributed by atoms with E-state index in [4.69, 9.17) is 15.0 Å². The summed E-state index contributed by atoms with van der Waals surface area (Å²) in [5, 5.41) is 6.01. The Labute approximate surface area is 335 Å². The van der Waals surface area contributed by atoms with Crippen molar-refractivity contribution in [1.29, 1.82) is 0 Å². The molecule has 0 N–H and O–H groups in total. The Morgan fingerprint density at radius 3 is 1.76 bits per heavy atom. The van der Waals surface area contributed by atoms with Gasteiger partial charge in [0.2, 0.25) is 5.95 Å². The van der Waals surface area contributed by atoms with E-state index in [1.165, 1.54) is 49.6 Å². The third kappa shape index (κ3) is 5.07. The van der Waals surface area contributed by atoms with Gasteiger partial charge in [0.1, 0.15) is 0 Å². The monoisotopic (exact) mass is 741 g/mol. The van der Waals surface area contributed by atoms with Gasteiger partial charge in [-0.3, -0.25) is 4.57 Å². The van der Waals surface area contributed by atoms with Crippen molar-refractivity contribution < 1.29 is 0 Å². The van der Waals surface area contributed by atoms with Crippen LogP contribution in [0.15, 0.2) is 194 Å². The van der Waals surface area contributed by atoms with Crippen LogP contribution in [-0.2, 0) is 0 Å². The molecule has 3 aromatic heterocycles. The Bertz CT molecular complexity index is 3280. The molecule has 0 saturated heterocycles. The van der Waals surface area contributed by atoms with Gasteiger partial charge in [0.05, 0.1) is 22.2 Å². The predicted octanol–water partition coefficient (Wildman–Crippen LogP) is 12.9. The highest BCUT2D eigenvalue weighted by Gasteiger charge is 2.30. The average molecular weight is 742 g/mol. The van der Waals surface area contributed by atoms with E-state index >= 15 is 0 Å². The molecule has 0 spiro atoms. The minimum Gasteiger partial charge on any atom is -0.310 e. The van der Waals surface area contributed by atoms with Crippen LogP contribution in [0.2, 0.25) is 0 Å². The van der Waals surface area contributed by atoms with Gasteiger partial charge < -0.3 is 4.57 Å². The molecule has 0 fully saturated rings. The van der Waals surface area contributed by atoms with E-state index in [1.54, 1.807) is 0 Å². The van der Waals surface area contributed by atoms with Crippen molar-refractivity contribution in [2.24, 2.45) is 5.92 Å². The summed E-state index contributed by atoms with van der Waals surface area (Å²) in [6.07, 6.45) is 13.8. The molecule has 0 radical (unpaired) electrons. The molecule has 2 aliphatic rings. The number of para-hydroxylation sites is 1. The van der Waals surface area contributed by atoms with Crippen LogP contribution in [0.4, 0.5) is 0 Å². The number of rotatable bonds is 5. The highest BCUT2D eigenvalue weighted by atomic mass is 15.2. The molecular weight excluding hydrogens is 707 g/mol. The summed E-state index contributed by atoms with van der Waals surface area (Å²) < 4.78 is 4.65. The minimum absolute atomic E-state index is 0.279. The summed E-state index contributed by atoms with van der Waals surface area (Å²) in [6.45, 7) is 0. The summed E-state index contributed by atoms with van der Waals surface area (Å²) in [7, 11) is 0. The molecule has 2 atom stereocenters. The van der Waals surface area contributed by atoms with Gasteiger partial charge in [-0.15, -0.1) is 0 Å². The molecule has 3 heterocycles. The van der Waals surface area contributed by atoms with Gasteiger partial charge in [-0.2, -0.15) is 9.97 Å². The molecule has 12 rings (SSSR count). The van der Waals surface area contributed by atoms with Crippen molar-refractivity contribution in [3.63, 3.8) is 0 Å². The average Bonchev–Trinajstić information content (AvgIpc) is 3.82. The van der Waals surface area contributed by atoms with Crippen molar-refractivity contribution in [2.75, 3.05) is 0 Å². The van der Waals surface area contributed by atoms with Crippen molar-refractivity contribution in [1.82, 2.24) is 24.1 Å². The Balaban J connectivity index is 1.10. The van der Waals surface area contributed by atoms with E-state index in [0.717, 1.165) is 33.1 Å². The zero-order valence-electron chi connectivity index (χ0n) is 31.4. The van der Waals surface area contributed by atoms with Crippen LogP contribution in [0.25, 0.3) is 95.1 Å². The van der Waals surface area contributed by atoms with Crippen LogP contribution >= 0.6 is 0 Å². The van der Waals surface area contributed by atoms with E-state index in [0.29, 0.717) is 23.5 Å². The Kier molecular flexibility index (Phi) is 7.29. The lowest BCUT2D eigenvalue weighted by Gasteiger charge is -2.26. The molecule has 10 aromatic rings. The molecule has 2 aliphatic carbocycles. The van der Waals surface area contributed by atoms with Crippen LogP contribution in [0.3, 0.4) is 0 Å². The number of benzene rings is 7. The van der Waals surface area contributed by atoms with Crippen LogP contribution in [-0.4, -0.2) is 24.1 Å². The molecule has 0 aliphatic heterocycles. The Morgan fingerprint density at radius 2 is 1.03 bits per heavy atom. The fourth-order valence-corrected chi connectivity index (χ4v) is 9.27. The predicted molar refractivity (Wildman–Crippen MR) is 238 cm³/mol. The first-order chi connectivity index (χ1) is 28.8. The van der Waals surface area contributed by atoms with E-state index in [-0.39, 0.29) is 5.92 Å². The van der Waals surface area contributed by atoms with Gasteiger partial charge in [-0.05, 0) is 76.0 Å². The molecule has 0 saturated carbocycles. The molecule has 0 bridgehead atoms. The first-order valence-corrected chi connectivity index (χ1v) is 19.9. The van der Waals surface area contributed by atoms with E-state index < -0.39 is 0 Å². The van der Waals surface area contributed by atoms with Gasteiger partial charge in [0.15, 0.2) is 11.6 Å². The van der Waals surface area contributed by atoms with Gasteiger partial charge in [0.25, 0.3) is 0 Å². The van der Waals surface area contributed by atoms with Crippen LogP contribution in [0, 0.1) is 5.92 Å². The number of aromatic nitrogens is 5. The molecule has 7 aromatic carbocycles. The van der Waals surface area contributed by atoms with Gasteiger partial charge in [-0.25, -0.2) is 4.98 Å². The zero-order valence-corrected chi connectivity index (χ0v) is 31.4. The Morgan fingerprint density at radius 1 is 0.431 bits per heavy atom. The number of hydrogen-bond acceptors (Lipinski definition) is 3. The van der Waals surface area contributed by atoms with Crippen LogP contribution < -0.4 is 0 Å². The van der Waals surface area contributed by atoms with Crippen LogP contribution in [0.1, 0.15) is 17.2 Å². The van der Waals surface area contributed by atoms with Gasteiger partial charge in [-0.1, -0.05) is 152 Å². The highest BCUT2D eigenvalue weighted by molar-refractivity contribution is 6.21. The number of nitrogens with zero attached hydrogens (tertiary/aromatic N) is 5. The standard InChI is InChI=1S/C53H35N5/c1-4-16-36(17-5-1)51-54-52(37-18-6-2-7-19-37)56-53(55-51)58-46-29-27-39(33-44(46)50-42-23-13-11-15-35(42)25-31-48(50)58)38-26-28-45-43(32-38)49-41-22-12-10-14-34(41)24-30-47(49)57(45)40-20-8-3-9-21-40/h1-34,41H. The SMILES string of the molecule is C1=CC2C=Cc3c(c4cc(-c5ccc6c(c5)c5c7ccccc7ccc5n6-c5nc(-c6ccccc6)nc(-c6ccccc6)n5)ccc4n3-c3ccccc3)C2C=C1. The first kappa shape index (κ1) is 32.6. The van der Waals surface area contributed by atoms with Crippen molar-refractivity contribution in [2.45, 2.75) is 5.92 Å². The van der Waals surface area contributed by atoms with E-state index in [1.807, 2.05) is 36.4 Å². The van der Waals surface area contributed by atoms with E-state index in [2.05, 4.69) is 173 Å². The smallest absolute Gasteiger partial charge is 0.238 e. The molecule has 272 valence electrons. The molecular formula is C53H35N5. The number of fused-ring (bicyclic) bond motifs is 10. The summed E-state index contributed by atoms with van der Waals surface area (Å²) in [4.78, 5) is 15.4. The second kappa shape index (κ2) is 13.0. The highest BCUT2D eigenvalue weighted by Crippen LogP contribution is 2.46. The van der Waals surface area contributed by atoms with Crippen molar-refractivity contribution in [3.05, 3.63) is 205 Å². The zero-order chi connectivity index (χ0) is 38.2. The van der Waals surface area contributed by atoms with Crippen LogP contribution in [0.5, 0.6) is 0 Å². The lowest BCUT2D eigenvalue weighted by atomic mass is 9.78. The second-order valence-corrected chi connectivity index (χ2v) is 15.2. The third-order valence-corrected chi connectivity index (χ3v) is 11.9. The molecule has 5 nitrogen and oxygen atoms in total. The molecule has 0 amide bonds.